The average Bonchev–Trinajstić information content (AvgIpc) is 2.32. The molecule has 0 fully saturated rings. The number of amides is 1. The van der Waals surface area contributed by atoms with Gasteiger partial charge in [-0.15, -0.1) is 11.6 Å². The summed E-state index contributed by atoms with van der Waals surface area (Å²) >= 11 is 5.37. The third-order valence-electron chi connectivity index (χ3n) is 1.61. The molecule has 0 aliphatic rings. The summed E-state index contributed by atoms with van der Waals surface area (Å²) in [5.74, 6) is 0.413. The fraction of sp³-hybridized carbons (Fsp3) is 0.429. The van der Waals surface area contributed by atoms with Gasteiger partial charge in [0.25, 0.3) is 0 Å². The van der Waals surface area contributed by atoms with Crippen molar-refractivity contribution in [2.45, 2.75) is 0 Å². The zero-order valence-electron chi connectivity index (χ0n) is 7.04. The van der Waals surface area contributed by atoms with Crippen LogP contribution in [0.5, 0.6) is 0 Å². The van der Waals surface area contributed by atoms with Crippen LogP contribution in [-0.4, -0.2) is 16.5 Å². The fourth-order valence-corrected chi connectivity index (χ4v) is 1.17. The molecule has 0 aliphatic heterocycles. The Morgan fingerprint density at radius 2 is 2.50 bits per heavy atom. The Kier molecular flexibility index (Phi) is 2.70. The first-order chi connectivity index (χ1) is 5.66. The minimum atomic E-state index is -0.167. The van der Waals surface area contributed by atoms with Crippen LogP contribution in [0, 0.1) is 0 Å². The van der Waals surface area contributed by atoms with E-state index in [0.29, 0.717) is 5.82 Å². The van der Waals surface area contributed by atoms with Gasteiger partial charge < -0.3 is 5.32 Å². The van der Waals surface area contributed by atoms with Gasteiger partial charge in [-0.2, -0.15) is 0 Å². The highest BCUT2D eigenvalue weighted by atomic mass is 35.5. The molecular formula is C7H11ClN3O+. The Hall–Kier alpha value is -1.03. The van der Waals surface area contributed by atoms with Crippen LogP contribution in [0.2, 0.25) is 0 Å². The van der Waals surface area contributed by atoms with Crippen LogP contribution < -0.4 is 9.88 Å². The first kappa shape index (κ1) is 9.06. The molecule has 12 heavy (non-hydrogen) atoms. The Bertz CT molecular complexity index is 275. The molecule has 1 aromatic rings. The minimum absolute atomic E-state index is 0.129. The van der Waals surface area contributed by atoms with Gasteiger partial charge in [-0.05, 0) is 0 Å². The molecular weight excluding hydrogens is 178 g/mol. The monoisotopic (exact) mass is 188 g/mol. The standard InChI is InChI=1S/C7H10ClN3O/c1-10-3-4-11(2)7(10)6(12)9-5-8/h3-4H,5H2,1-2H3/p+1. The largest absolute Gasteiger partial charge is 0.347 e. The first-order valence-electron chi connectivity index (χ1n) is 3.52. The number of imidazole rings is 1. The number of hydrogen-bond donors (Lipinski definition) is 1. The highest BCUT2D eigenvalue weighted by Crippen LogP contribution is 1.90. The van der Waals surface area contributed by atoms with E-state index in [1.807, 2.05) is 26.5 Å². The Morgan fingerprint density at radius 3 is 2.92 bits per heavy atom. The van der Waals surface area contributed by atoms with Crippen molar-refractivity contribution < 1.29 is 9.36 Å². The SMILES string of the molecule is Cn1cc[n+](C)c1C(=O)NCCl. The summed E-state index contributed by atoms with van der Waals surface area (Å²) < 4.78 is 3.48. The molecule has 66 valence electrons. The summed E-state index contributed by atoms with van der Waals surface area (Å²) in [7, 11) is 3.62. The number of aromatic nitrogens is 2. The topological polar surface area (TPSA) is 37.9 Å². The Morgan fingerprint density at radius 1 is 1.83 bits per heavy atom. The second-order valence-electron chi connectivity index (χ2n) is 2.48. The molecule has 4 nitrogen and oxygen atoms in total. The number of hydrogen-bond acceptors (Lipinski definition) is 1. The van der Waals surface area contributed by atoms with Crippen LogP contribution in [0.1, 0.15) is 10.6 Å². The van der Waals surface area contributed by atoms with Crippen molar-refractivity contribution in [3.63, 3.8) is 0 Å². The van der Waals surface area contributed by atoms with Crippen molar-refractivity contribution in [2.75, 3.05) is 6.00 Å². The van der Waals surface area contributed by atoms with E-state index in [0.717, 1.165) is 0 Å². The molecule has 0 saturated heterocycles. The van der Waals surface area contributed by atoms with E-state index >= 15 is 0 Å². The van der Waals surface area contributed by atoms with Gasteiger partial charge in [0.05, 0.1) is 20.1 Å². The van der Waals surface area contributed by atoms with E-state index in [1.165, 1.54) is 0 Å². The third kappa shape index (κ3) is 1.58. The fourth-order valence-electron chi connectivity index (χ4n) is 1.05. The molecule has 0 unspecified atom stereocenters. The lowest BCUT2D eigenvalue weighted by Crippen LogP contribution is -2.39. The highest BCUT2D eigenvalue weighted by molar-refractivity contribution is 6.18. The van der Waals surface area contributed by atoms with Crippen LogP contribution in [-0.2, 0) is 14.1 Å². The maximum absolute atomic E-state index is 11.3. The molecule has 1 heterocycles. The van der Waals surface area contributed by atoms with Gasteiger partial charge >= 0.3 is 11.7 Å². The molecule has 0 atom stereocenters. The van der Waals surface area contributed by atoms with Crippen molar-refractivity contribution >= 4 is 17.5 Å². The number of carbonyl (C=O) groups excluding carboxylic acids is 1. The maximum Gasteiger partial charge on any atom is 0.347 e. The summed E-state index contributed by atoms with van der Waals surface area (Å²) in [6.45, 7) is 0. The highest BCUT2D eigenvalue weighted by Gasteiger charge is 2.19. The number of rotatable bonds is 2. The van der Waals surface area contributed by atoms with E-state index in [1.54, 1.807) is 9.13 Å². The second kappa shape index (κ2) is 3.58. The average molecular weight is 189 g/mol. The van der Waals surface area contributed by atoms with Crippen molar-refractivity contribution in [3.8, 4) is 0 Å². The number of halogens is 1. The summed E-state index contributed by atoms with van der Waals surface area (Å²) in [4.78, 5) is 11.3. The van der Waals surface area contributed by atoms with Gasteiger partial charge in [0.15, 0.2) is 0 Å². The minimum Gasteiger partial charge on any atom is -0.332 e. The lowest BCUT2D eigenvalue weighted by Gasteiger charge is -1.97. The van der Waals surface area contributed by atoms with E-state index in [4.69, 9.17) is 11.6 Å². The molecule has 0 radical (unpaired) electrons. The van der Waals surface area contributed by atoms with E-state index in [9.17, 15) is 4.79 Å². The summed E-state index contributed by atoms with van der Waals surface area (Å²) in [6.07, 6.45) is 3.62. The molecule has 0 saturated carbocycles. The zero-order valence-corrected chi connectivity index (χ0v) is 7.80. The smallest absolute Gasteiger partial charge is 0.332 e. The molecule has 0 spiro atoms. The van der Waals surface area contributed by atoms with E-state index < -0.39 is 0 Å². The second-order valence-corrected chi connectivity index (χ2v) is 2.75. The quantitative estimate of drug-likeness (QED) is 0.389. The van der Waals surface area contributed by atoms with E-state index in [-0.39, 0.29) is 11.9 Å². The van der Waals surface area contributed by atoms with Gasteiger partial charge in [-0.3, -0.25) is 4.79 Å². The lowest BCUT2D eigenvalue weighted by atomic mass is 10.5. The van der Waals surface area contributed by atoms with Crippen molar-refractivity contribution in [1.82, 2.24) is 9.88 Å². The molecule has 1 rings (SSSR count). The third-order valence-corrected chi connectivity index (χ3v) is 1.75. The molecule has 1 aromatic heterocycles. The van der Waals surface area contributed by atoms with Gasteiger partial charge in [0, 0.05) is 0 Å². The Labute approximate surface area is 75.8 Å². The molecule has 1 N–H and O–H groups in total. The number of aryl methyl sites for hydroxylation is 2. The number of nitrogens with one attached hydrogen (secondary N) is 1. The number of alkyl halides is 1. The van der Waals surface area contributed by atoms with E-state index in [2.05, 4.69) is 5.32 Å². The predicted molar refractivity (Wildman–Crippen MR) is 44.8 cm³/mol. The van der Waals surface area contributed by atoms with Crippen LogP contribution in [0.3, 0.4) is 0 Å². The van der Waals surface area contributed by atoms with Gasteiger partial charge in [0.2, 0.25) is 0 Å². The van der Waals surface area contributed by atoms with Crippen LogP contribution in [0.25, 0.3) is 0 Å². The van der Waals surface area contributed by atoms with Crippen molar-refractivity contribution in [1.29, 1.82) is 0 Å². The molecule has 0 aliphatic carbocycles. The summed E-state index contributed by atoms with van der Waals surface area (Å²) in [5.41, 5.74) is 0. The van der Waals surface area contributed by atoms with Crippen LogP contribution in [0.4, 0.5) is 0 Å². The zero-order chi connectivity index (χ0) is 9.14. The molecule has 5 heteroatoms. The van der Waals surface area contributed by atoms with Crippen molar-refractivity contribution in [3.05, 3.63) is 18.2 Å². The van der Waals surface area contributed by atoms with Crippen LogP contribution >= 0.6 is 11.6 Å². The Balaban J connectivity index is 2.93. The first-order valence-corrected chi connectivity index (χ1v) is 4.05. The van der Waals surface area contributed by atoms with Gasteiger partial charge in [-0.1, -0.05) is 0 Å². The van der Waals surface area contributed by atoms with Crippen LogP contribution in [0.15, 0.2) is 12.4 Å². The van der Waals surface area contributed by atoms with Crippen molar-refractivity contribution in [2.24, 2.45) is 14.1 Å². The summed E-state index contributed by atoms with van der Waals surface area (Å²) in [5, 5.41) is 2.51. The predicted octanol–water partition coefficient (Wildman–Crippen LogP) is -0.224. The van der Waals surface area contributed by atoms with Gasteiger partial charge in [-0.25, -0.2) is 9.13 Å². The normalized spacial score (nSPS) is 9.92. The number of nitrogens with zero attached hydrogens (tertiary/aromatic N) is 2. The lowest BCUT2D eigenvalue weighted by molar-refractivity contribution is -0.673. The molecule has 1 amide bonds. The van der Waals surface area contributed by atoms with Gasteiger partial charge in [0.1, 0.15) is 12.4 Å². The summed E-state index contributed by atoms with van der Waals surface area (Å²) in [6, 6.07) is 0.129. The molecule has 0 bridgehead atoms. The maximum atomic E-state index is 11.3. The molecule has 0 aromatic carbocycles. The number of carbonyl (C=O) groups is 1.